The van der Waals surface area contributed by atoms with Gasteiger partial charge >= 0.3 is 0 Å². The molecule has 1 rings (SSSR count). The summed E-state index contributed by atoms with van der Waals surface area (Å²) in [5.74, 6) is 1.24. The SMILES string of the molecule is CCCCCCCCSSc1ccccn1. The Hall–Kier alpha value is -0.150. The molecule has 0 aliphatic carbocycles. The Morgan fingerprint density at radius 1 is 1.06 bits per heavy atom. The largest absolute Gasteiger partial charge is 0.249 e. The van der Waals surface area contributed by atoms with E-state index in [9.17, 15) is 0 Å². The van der Waals surface area contributed by atoms with E-state index < -0.39 is 0 Å². The van der Waals surface area contributed by atoms with E-state index in [1.807, 2.05) is 29.1 Å². The number of nitrogens with zero attached hydrogens (tertiary/aromatic N) is 1. The molecule has 0 bridgehead atoms. The quantitative estimate of drug-likeness (QED) is 0.445. The maximum absolute atomic E-state index is 4.28. The van der Waals surface area contributed by atoms with Crippen LogP contribution in [-0.4, -0.2) is 10.7 Å². The maximum Gasteiger partial charge on any atom is 0.106 e. The van der Waals surface area contributed by atoms with Gasteiger partial charge in [0.15, 0.2) is 0 Å². The van der Waals surface area contributed by atoms with Crippen LogP contribution < -0.4 is 0 Å². The van der Waals surface area contributed by atoms with E-state index >= 15 is 0 Å². The Bertz CT molecular complexity index is 251. The molecule has 16 heavy (non-hydrogen) atoms. The smallest absolute Gasteiger partial charge is 0.106 e. The number of hydrogen-bond donors (Lipinski definition) is 0. The highest BCUT2D eigenvalue weighted by molar-refractivity contribution is 8.76. The molecule has 1 aromatic heterocycles. The minimum absolute atomic E-state index is 1.12. The Morgan fingerprint density at radius 2 is 1.88 bits per heavy atom. The first kappa shape index (κ1) is 13.9. The van der Waals surface area contributed by atoms with Crippen molar-refractivity contribution in [2.75, 3.05) is 5.75 Å². The average molecular weight is 255 g/mol. The van der Waals surface area contributed by atoms with E-state index in [4.69, 9.17) is 0 Å². The van der Waals surface area contributed by atoms with E-state index in [1.54, 1.807) is 10.8 Å². The summed E-state index contributed by atoms with van der Waals surface area (Å²) in [6.07, 6.45) is 10.1. The Kier molecular flexibility index (Phi) is 8.72. The molecule has 0 N–H and O–H groups in total. The first-order valence-electron chi connectivity index (χ1n) is 6.14. The van der Waals surface area contributed by atoms with Gasteiger partial charge in [-0.05, 0) is 29.3 Å². The normalized spacial score (nSPS) is 10.6. The molecule has 0 saturated heterocycles. The van der Waals surface area contributed by atoms with Crippen molar-refractivity contribution in [3.8, 4) is 0 Å². The van der Waals surface area contributed by atoms with Gasteiger partial charge in [-0.25, -0.2) is 4.98 Å². The van der Waals surface area contributed by atoms with E-state index in [0.717, 1.165) is 5.03 Å². The zero-order valence-corrected chi connectivity index (χ0v) is 11.7. The monoisotopic (exact) mass is 255 g/mol. The van der Waals surface area contributed by atoms with Crippen LogP contribution in [0.15, 0.2) is 29.4 Å². The molecule has 0 amide bonds. The molecule has 0 atom stereocenters. The molecule has 0 spiro atoms. The van der Waals surface area contributed by atoms with Crippen LogP contribution in [0.3, 0.4) is 0 Å². The van der Waals surface area contributed by atoms with Crippen LogP contribution >= 0.6 is 21.6 Å². The second-order valence-corrected chi connectivity index (χ2v) is 6.28. The molecule has 0 aliphatic rings. The summed E-state index contributed by atoms with van der Waals surface area (Å²) in [5.41, 5.74) is 0. The van der Waals surface area contributed by atoms with Crippen molar-refractivity contribution in [2.24, 2.45) is 0 Å². The highest BCUT2D eigenvalue weighted by Gasteiger charge is 1.95. The molecule has 3 heteroatoms. The fourth-order valence-electron chi connectivity index (χ4n) is 1.44. The fraction of sp³-hybridized carbons (Fsp3) is 0.615. The average Bonchev–Trinajstić information content (AvgIpc) is 2.34. The van der Waals surface area contributed by atoms with Crippen LogP contribution in [0.1, 0.15) is 45.4 Å². The van der Waals surface area contributed by atoms with Crippen LogP contribution in [0.5, 0.6) is 0 Å². The lowest BCUT2D eigenvalue weighted by atomic mass is 10.1. The fourth-order valence-corrected chi connectivity index (χ4v) is 3.47. The highest BCUT2D eigenvalue weighted by Crippen LogP contribution is 2.29. The van der Waals surface area contributed by atoms with Crippen molar-refractivity contribution in [3.63, 3.8) is 0 Å². The molecule has 0 unspecified atom stereocenters. The van der Waals surface area contributed by atoms with Gasteiger partial charge in [0.05, 0.1) is 0 Å². The second kappa shape index (κ2) is 10.0. The summed E-state index contributed by atoms with van der Waals surface area (Å²) < 4.78 is 0. The van der Waals surface area contributed by atoms with Gasteiger partial charge in [-0.15, -0.1) is 0 Å². The van der Waals surface area contributed by atoms with Gasteiger partial charge in [-0.3, -0.25) is 0 Å². The Balaban J connectivity index is 1.89. The van der Waals surface area contributed by atoms with E-state index in [0.29, 0.717) is 0 Å². The third-order valence-corrected chi connectivity index (χ3v) is 4.71. The second-order valence-electron chi connectivity index (χ2n) is 3.84. The van der Waals surface area contributed by atoms with Gasteiger partial charge < -0.3 is 0 Å². The highest BCUT2D eigenvalue weighted by atomic mass is 33.1. The van der Waals surface area contributed by atoms with E-state index in [1.165, 1.54) is 44.3 Å². The zero-order chi connectivity index (χ0) is 11.5. The number of rotatable bonds is 9. The topological polar surface area (TPSA) is 12.9 Å². The van der Waals surface area contributed by atoms with Crippen molar-refractivity contribution >= 4 is 21.6 Å². The summed E-state index contributed by atoms with van der Waals surface area (Å²) in [5, 5.41) is 1.12. The standard InChI is InChI=1S/C13H21NS2/c1-2-3-4-5-6-9-12-15-16-13-10-7-8-11-14-13/h7-8,10-11H,2-6,9,12H2,1H3. The molecule has 0 fully saturated rings. The lowest BCUT2D eigenvalue weighted by Gasteiger charge is -2.01. The number of unbranched alkanes of at least 4 members (excludes halogenated alkanes) is 5. The van der Waals surface area contributed by atoms with Crippen LogP contribution in [0, 0.1) is 0 Å². The lowest BCUT2D eigenvalue weighted by Crippen LogP contribution is -1.81. The molecular formula is C13H21NS2. The molecule has 0 aliphatic heterocycles. The Labute approximate surface area is 107 Å². The zero-order valence-electron chi connectivity index (χ0n) is 10.0. The van der Waals surface area contributed by atoms with Crippen LogP contribution in [0.25, 0.3) is 0 Å². The minimum atomic E-state index is 1.12. The van der Waals surface area contributed by atoms with Crippen molar-refractivity contribution in [2.45, 2.75) is 50.5 Å². The predicted octanol–water partition coefficient (Wildman–Crippen LogP) is 5.18. The van der Waals surface area contributed by atoms with E-state index in [2.05, 4.69) is 18.0 Å². The lowest BCUT2D eigenvalue weighted by molar-refractivity contribution is 0.627. The van der Waals surface area contributed by atoms with Gasteiger partial charge in [0.2, 0.25) is 0 Å². The van der Waals surface area contributed by atoms with Crippen molar-refractivity contribution in [1.29, 1.82) is 0 Å². The Morgan fingerprint density at radius 3 is 2.62 bits per heavy atom. The van der Waals surface area contributed by atoms with Crippen molar-refractivity contribution < 1.29 is 0 Å². The summed E-state index contributed by atoms with van der Waals surface area (Å²) in [4.78, 5) is 4.28. The predicted molar refractivity (Wildman–Crippen MR) is 75.9 cm³/mol. The third-order valence-electron chi connectivity index (χ3n) is 2.36. The van der Waals surface area contributed by atoms with E-state index in [-0.39, 0.29) is 0 Å². The summed E-state index contributed by atoms with van der Waals surface area (Å²) in [7, 11) is 3.72. The number of aromatic nitrogens is 1. The summed E-state index contributed by atoms with van der Waals surface area (Å²) in [6.45, 7) is 2.26. The molecule has 90 valence electrons. The van der Waals surface area contributed by atoms with Gasteiger partial charge in [0.25, 0.3) is 0 Å². The molecule has 1 heterocycles. The molecule has 1 nitrogen and oxygen atoms in total. The van der Waals surface area contributed by atoms with Gasteiger partial charge in [0.1, 0.15) is 5.03 Å². The van der Waals surface area contributed by atoms with Crippen molar-refractivity contribution in [3.05, 3.63) is 24.4 Å². The molecule has 0 aromatic carbocycles. The molecule has 0 saturated carbocycles. The van der Waals surface area contributed by atoms with Gasteiger partial charge in [-0.1, -0.05) is 55.9 Å². The molecule has 0 radical (unpaired) electrons. The van der Waals surface area contributed by atoms with Crippen LogP contribution in [0.2, 0.25) is 0 Å². The first-order valence-corrected chi connectivity index (χ1v) is 8.46. The van der Waals surface area contributed by atoms with Gasteiger partial charge in [0, 0.05) is 11.9 Å². The number of hydrogen-bond acceptors (Lipinski definition) is 3. The third kappa shape index (κ3) is 7.18. The van der Waals surface area contributed by atoms with Crippen LogP contribution in [-0.2, 0) is 0 Å². The number of pyridine rings is 1. The van der Waals surface area contributed by atoms with Crippen molar-refractivity contribution in [1.82, 2.24) is 4.98 Å². The summed E-state index contributed by atoms with van der Waals surface area (Å²) in [6, 6.07) is 6.07. The summed E-state index contributed by atoms with van der Waals surface area (Å²) >= 11 is 0. The molecular weight excluding hydrogens is 234 g/mol. The minimum Gasteiger partial charge on any atom is -0.249 e. The van der Waals surface area contributed by atoms with Crippen LogP contribution in [0.4, 0.5) is 0 Å². The molecule has 1 aromatic rings. The first-order chi connectivity index (χ1) is 7.93. The maximum atomic E-state index is 4.28. The van der Waals surface area contributed by atoms with Gasteiger partial charge in [-0.2, -0.15) is 0 Å².